The molecule has 6 nitrogen and oxygen atoms in total. The van der Waals surface area contributed by atoms with E-state index in [2.05, 4.69) is 0 Å². The number of amides is 2. The maximum atomic E-state index is 14.0. The van der Waals surface area contributed by atoms with Gasteiger partial charge in [0, 0.05) is 45.2 Å². The third kappa shape index (κ3) is 4.94. The molecule has 0 aromatic heterocycles. The Morgan fingerprint density at radius 2 is 1.57 bits per heavy atom. The summed E-state index contributed by atoms with van der Waals surface area (Å²) in [6.07, 6.45) is 1.01. The highest BCUT2D eigenvalue weighted by molar-refractivity contribution is 5.79. The van der Waals surface area contributed by atoms with Gasteiger partial charge in [0.15, 0.2) is 0 Å². The van der Waals surface area contributed by atoms with Gasteiger partial charge in [-0.1, -0.05) is 12.1 Å². The van der Waals surface area contributed by atoms with Crippen LogP contribution in [0.3, 0.4) is 0 Å². The van der Waals surface area contributed by atoms with Gasteiger partial charge in [0.05, 0.1) is 5.69 Å². The van der Waals surface area contributed by atoms with Crippen molar-refractivity contribution in [3.63, 3.8) is 0 Å². The molecule has 2 heterocycles. The quantitative estimate of drug-likeness (QED) is 0.777. The molecule has 0 radical (unpaired) electrons. The summed E-state index contributed by atoms with van der Waals surface area (Å²) in [7, 11) is 0. The highest BCUT2D eigenvalue weighted by Crippen LogP contribution is 2.24. The Bertz CT molecular complexity index is 703. The van der Waals surface area contributed by atoms with Crippen molar-refractivity contribution in [3.05, 3.63) is 30.1 Å². The van der Waals surface area contributed by atoms with Crippen molar-refractivity contribution in [1.82, 2.24) is 9.80 Å². The van der Waals surface area contributed by atoms with E-state index in [9.17, 15) is 14.0 Å². The maximum Gasteiger partial charge on any atom is 0.410 e. The van der Waals surface area contributed by atoms with Crippen molar-refractivity contribution < 1.29 is 18.7 Å². The number of piperidine rings is 1. The van der Waals surface area contributed by atoms with Crippen LogP contribution in [-0.4, -0.2) is 66.7 Å². The summed E-state index contributed by atoms with van der Waals surface area (Å²) in [6, 6.07) is 6.75. The van der Waals surface area contributed by atoms with Gasteiger partial charge in [-0.25, -0.2) is 9.18 Å². The average molecular weight is 391 g/mol. The van der Waals surface area contributed by atoms with Gasteiger partial charge in [0.25, 0.3) is 0 Å². The number of piperazine rings is 1. The SMILES string of the molecule is CC(C)(C)OC(=O)N1CCC(C(=O)N2CCN(c3ccccc3F)CC2)CC1. The molecule has 0 unspecified atom stereocenters. The Hall–Kier alpha value is -2.31. The first kappa shape index (κ1) is 20.4. The fourth-order valence-corrected chi connectivity index (χ4v) is 3.77. The molecule has 0 N–H and O–H groups in total. The van der Waals surface area contributed by atoms with Gasteiger partial charge in [0.2, 0.25) is 5.91 Å². The van der Waals surface area contributed by atoms with E-state index in [1.807, 2.05) is 36.6 Å². The Balaban J connectivity index is 1.47. The molecular weight excluding hydrogens is 361 g/mol. The molecular formula is C21H30FN3O3. The zero-order valence-electron chi connectivity index (χ0n) is 17.0. The topological polar surface area (TPSA) is 53.1 Å². The fraction of sp³-hybridized carbons (Fsp3) is 0.619. The van der Waals surface area contributed by atoms with Crippen LogP contribution in [0.25, 0.3) is 0 Å². The van der Waals surface area contributed by atoms with Gasteiger partial charge in [-0.2, -0.15) is 0 Å². The summed E-state index contributed by atoms with van der Waals surface area (Å²) in [6.45, 7) is 9.08. The number of carbonyl (C=O) groups excluding carboxylic acids is 2. The molecule has 3 rings (SSSR count). The van der Waals surface area contributed by atoms with Gasteiger partial charge in [-0.3, -0.25) is 4.79 Å². The van der Waals surface area contributed by atoms with E-state index in [1.54, 1.807) is 17.0 Å². The highest BCUT2D eigenvalue weighted by atomic mass is 19.1. The smallest absolute Gasteiger partial charge is 0.410 e. The Kier molecular flexibility index (Phi) is 6.10. The van der Waals surface area contributed by atoms with Gasteiger partial charge < -0.3 is 19.4 Å². The molecule has 0 aliphatic carbocycles. The van der Waals surface area contributed by atoms with Crippen LogP contribution >= 0.6 is 0 Å². The number of carbonyl (C=O) groups is 2. The van der Waals surface area contributed by atoms with E-state index in [0.717, 1.165) is 0 Å². The lowest BCUT2D eigenvalue weighted by atomic mass is 9.95. The number of benzene rings is 1. The molecule has 28 heavy (non-hydrogen) atoms. The molecule has 2 saturated heterocycles. The maximum absolute atomic E-state index is 14.0. The minimum absolute atomic E-state index is 0.0568. The normalized spacial score (nSPS) is 18.9. The summed E-state index contributed by atoms with van der Waals surface area (Å²) in [5, 5.41) is 0. The summed E-state index contributed by atoms with van der Waals surface area (Å²) in [5.74, 6) is -0.132. The molecule has 2 aliphatic rings. The largest absolute Gasteiger partial charge is 0.444 e. The number of anilines is 1. The first-order valence-electron chi connectivity index (χ1n) is 10.0. The van der Waals surface area contributed by atoms with E-state index in [0.29, 0.717) is 57.8 Å². The number of hydrogen-bond acceptors (Lipinski definition) is 4. The number of halogens is 1. The summed E-state index contributed by atoms with van der Waals surface area (Å²) in [4.78, 5) is 30.6. The average Bonchev–Trinajstić information content (AvgIpc) is 2.67. The lowest BCUT2D eigenvalue weighted by molar-refractivity contribution is -0.137. The molecule has 0 bridgehead atoms. The third-order valence-corrected chi connectivity index (χ3v) is 5.28. The molecule has 0 atom stereocenters. The van der Waals surface area contributed by atoms with E-state index in [4.69, 9.17) is 4.74 Å². The minimum atomic E-state index is -0.512. The van der Waals surface area contributed by atoms with Crippen molar-refractivity contribution in [2.45, 2.75) is 39.2 Å². The standard InChI is InChI=1S/C21H30FN3O3/c1-21(2,3)28-20(27)25-10-8-16(9-11-25)19(26)24-14-12-23(13-15-24)18-7-5-4-6-17(18)22/h4-7,16H,8-15H2,1-3H3. The van der Waals surface area contributed by atoms with E-state index < -0.39 is 5.60 Å². The predicted octanol–water partition coefficient (Wildman–Crippen LogP) is 3.12. The first-order valence-corrected chi connectivity index (χ1v) is 10.0. The lowest BCUT2D eigenvalue weighted by Gasteiger charge is -2.39. The Labute approximate surface area is 166 Å². The molecule has 7 heteroatoms. The molecule has 0 saturated carbocycles. The number of likely N-dealkylation sites (tertiary alicyclic amines) is 1. The van der Waals surface area contributed by atoms with Crippen LogP contribution in [-0.2, 0) is 9.53 Å². The second-order valence-electron chi connectivity index (χ2n) is 8.51. The van der Waals surface area contributed by atoms with Crippen LogP contribution in [0.1, 0.15) is 33.6 Å². The second-order valence-corrected chi connectivity index (χ2v) is 8.51. The van der Waals surface area contributed by atoms with Crippen LogP contribution in [0.5, 0.6) is 0 Å². The molecule has 0 spiro atoms. The summed E-state index contributed by atoms with van der Waals surface area (Å²) < 4.78 is 19.4. The zero-order chi connectivity index (χ0) is 20.3. The van der Waals surface area contributed by atoms with Crippen molar-refractivity contribution in [3.8, 4) is 0 Å². The summed E-state index contributed by atoms with van der Waals surface area (Å²) >= 11 is 0. The molecule has 2 fully saturated rings. The number of hydrogen-bond donors (Lipinski definition) is 0. The second kappa shape index (κ2) is 8.37. The predicted molar refractivity (Wildman–Crippen MR) is 106 cm³/mol. The van der Waals surface area contributed by atoms with E-state index in [1.165, 1.54) is 6.07 Å². The number of ether oxygens (including phenoxy) is 1. The lowest BCUT2D eigenvalue weighted by Crippen LogP contribution is -2.52. The van der Waals surface area contributed by atoms with Crippen molar-refractivity contribution >= 4 is 17.7 Å². The van der Waals surface area contributed by atoms with Crippen LogP contribution in [0.15, 0.2) is 24.3 Å². The van der Waals surface area contributed by atoms with Crippen molar-refractivity contribution in [1.29, 1.82) is 0 Å². The van der Waals surface area contributed by atoms with Gasteiger partial charge in [0.1, 0.15) is 11.4 Å². The highest BCUT2D eigenvalue weighted by Gasteiger charge is 2.33. The molecule has 1 aromatic carbocycles. The van der Waals surface area contributed by atoms with Crippen LogP contribution in [0.2, 0.25) is 0 Å². The number of para-hydroxylation sites is 1. The molecule has 154 valence electrons. The Morgan fingerprint density at radius 1 is 0.964 bits per heavy atom. The van der Waals surface area contributed by atoms with Crippen molar-refractivity contribution in [2.75, 3.05) is 44.2 Å². The molecule has 1 aromatic rings. The molecule has 2 aliphatic heterocycles. The van der Waals surface area contributed by atoms with Crippen LogP contribution < -0.4 is 4.90 Å². The van der Waals surface area contributed by atoms with E-state index in [-0.39, 0.29) is 23.7 Å². The monoisotopic (exact) mass is 391 g/mol. The first-order chi connectivity index (χ1) is 13.2. The fourth-order valence-electron chi connectivity index (χ4n) is 3.77. The number of nitrogens with zero attached hydrogens (tertiary/aromatic N) is 3. The minimum Gasteiger partial charge on any atom is -0.444 e. The van der Waals surface area contributed by atoms with Gasteiger partial charge >= 0.3 is 6.09 Å². The number of rotatable bonds is 2. The van der Waals surface area contributed by atoms with Gasteiger partial charge in [-0.15, -0.1) is 0 Å². The van der Waals surface area contributed by atoms with Crippen LogP contribution in [0.4, 0.5) is 14.9 Å². The van der Waals surface area contributed by atoms with Crippen LogP contribution in [0, 0.1) is 11.7 Å². The summed E-state index contributed by atoms with van der Waals surface area (Å²) in [5.41, 5.74) is 0.0852. The van der Waals surface area contributed by atoms with E-state index >= 15 is 0 Å². The zero-order valence-corrected chi connectivity index (χ0v) is 17.0. The molecule has 2 amide bonds. The van der Waals surface area contributed by atoms with Crippen molar-refractivity contribution in [2.24, 2.45) is 5.92 Å². The van der Waals surface area contributed by atoms with Gasteiger partial charge in [-0.05, 0) is 45.7 Å². The Morgan fingerprint density at radius 3 is 2.14 bits per heavy atom. The third-order valence-electron chi connectivity index (χ3n) is 5.28.